The van der Waals surface area contributed by atoms with Gasteiger partial charge in [-0.2, -0.15) is 0 Å². The Labute approximate surface area is 120 Å². The molecule has 0 spiro atoms. The average molecular weight is 331 g/mol. The fourth-order valence-corrected chi connectivity index (χ4v) is 2.31. The van der Waals surface area contributed by atoms with Crippen LogP contribution in [0.4, 0.5) is 4.39 Å². The van der Waals surface area contributed by atoms with Gasteiger partial charge >= 0.3 is 0 Å². The van der Waals surface area contributed by atoms with Crippen molar-refractivity contribution >= 4 is 15.9 Å². The van der Waals surface area contributed by atoms with Gasteiger partial charge in [0.15, 0.2) is 5.79 Å². The molecule has 0 N–H and O–H groups in total. The third-order valence-corrected chi connectivity index (χ3v) is 3.41. The lowest BCUT2D eigenvalue weighted by Gasteiger charge is -2.23. The molecule has 0 saturated carbocycles. The highest BCUT2D eigenvalue weighted by Crippen LogP contribution is 2.30. The third-order valence-electron chi connectivity index (χ3n) is 2.79. The topological polar surface area (TPSA) is 27.7 Å². The van der Waals surface area contributed by atoms with E-state index in [-0.39, 0.29) is 18.0 Å². The van der Waals surface area contributed by atoms with Gasteiger partial charge in [-0.25, -0.2) is 4.39 Å². The average Bonchev–Trinajstić information content (AvgIpc) is 2.69. The van der Waals surface area contributed by atoms with Crippen LogP contribution >= 0.6 is 15.9 Å². The predicted octanol–water partition coefficient (Wildman–Crippen LogP) is 3.67. The highest BCUT2D eigenvalue weighted by atomic mass is 79.9. The SMILES string of the molecule is C=C[C@@H](Oc1ccc(F)cc1Br)[C@H]1COC(C)(C)O1. The maximum Gasteiger partial charge on any atom is 0.163 e. The van der Waals surface area contributed by atoms with Crippen LogP contribution in [0.1, 0.15) is 13.8 Å². The Hall–Kier alpha value is -0.910. The Bertz CT molecular complexity index is 476. The molecule has 0 aliphatic carbocycles. The summed E-state index contributed by atoms with van der Waals surface area (Å²) >= 11 is 3.26. The number of rotatable bonds is 4. The van der Waals surface area contributed by atoms with E-state index in [2.05, 4.69) is 22.5 Å². The number of halogens is 2. The van der Waals surface area contributed by atoms with Crippen molar-refractivity contribution in [1.29, 1.82) is 0 Å². The van der Waals surface area contributed by atoms with Crippen molar-refractivity contribution in [3.8, 4) is 5.75 Å². The Morgan fingerprint density at radius 2 is 2.32 bits per heavy atom. The molecule has 1 aliphatic heterocycles. The summed E-state index contributed by atoms with van der Waals surface area (Å²) in [7, 11) is 0. The third kappa shape index (κ3) is 3.55. The van der Waals surface area contributed by atoms with Gasteiger partial charge in [0.25, 0.3) is 0 Å². The minimum absolute atomic E-state index is 0.232. The zero-order valence-electron chi connectivity index (χ0n) is 10.9. The van der Waals surface area contributed by atoms with Gasteiger partial charge in [0, 0.05) is 0 Å². The Morgan fingerprint density at radius 1 is 1.58 bits per heavy atom. The molecule has 2 rings (SSSR count). The first kappa shape index (κ1) is 14.5. The molecule has 1 saturated heterocycles. The summed E-state index contributed by atoms with van der Waals surface area (Å²) in [5.41, 5.74) is 0. The monoisotopic (exact) mass is 330 g/mol. The van der Waals surface area contributed by atoms with Crippen LogP contribution in [0.25, 0.3) is 0 Å². The number of hydrogen-bond donors (Lipinski definition) is 0. The molecule has 19 heavy (non-hydrogen) atoms. The quantitative estimate of drug-likeness (QED) is 0.788. The molecule has 1 aliphatic rings. The number of ether oxygens (including phenoxy) is 3. The number of benzene rings is 1. The summed E-state index contributed by atoms with van der Waals surface area (Å²) in [4.78, 5) is 0. The van der Waals surface area contributed by atoms with Crippen molar-refractivity contribution in [1.82, 2.24) is 0 Å². The van der Waals surface area contributed by atoms with Crippen molar-refractivity contribution < 1.29 is 18.6 Å². The lowest BCUT2D eigenvalue weighted by atomic mass is 10.2. The van der Waals surface area contributed by atoms with Crippen LogP contribution < -0.4 is 4.74 Å². The fraction of sp³-hybridized carbons (Fsp3) is 0.429. The zero-order chi connectivity index (χ0) is 14.0. The zero-order valence-corrected chi connectivity index (χ0v) is 12.4. The van der Waals surface area contributed by atoms with Gasteiger partial charge in [-0.3, -0.25) is 0 Å². The van der Waals surface area contributed by atoms with Gasteiger partial charge in [0.2, 0.25) is 0 Å². The lowest BCUT2D eigenvalue weighted by Crippen LogP contribution is -2.33. The highest BCUT2D eigenvalue weighted by molar-refractivity contribution is 9.10. The lowest BCUT2D eigenvalue weighted by molar-refractivity contribution is -0.145. The molecule has 0 aromatic heterocycles. The predicted molar refractivity (Wildman–Crippen MR) is 73.6 cm³/mol. The van der Waals surface area contributed by atoms with Gasteiger partial charge in [0.1, 0.15) is 23.8 Å². The molecule has 3 nitrogen and oxygen atoms in total. The van der Waals surface area contributed by atoms with E-state index >= 15 is 0 Å². The maximum atomic E-state index is 13.0. The van der Waals surface area contributed by atoms with Crippen LogP contribution in [-0.2, 0) is 9.47 Å². The van der Waals surface area contributed by atoms with Crippen LogP contribution in [0, 0.1) is 5.82 Å². The molecule has 1 aromatic rings. The standard InChI is InChI=1S/C14H16BrFO3/c1-4-11(13-8-17-14(2,3)19-13)18-12-6-5-9(16)7-10(12)15/h4-7,11,13H,1,8H2,2-3H3/t11-,13-/m1/s1. The molecule has 5 heteroatoms. The summed E-state index contributed by atoms with van der Waals surface area (Å²) in [5, 5.41) is 0. The van der Waals surface area contributed by atoms with E-state index in [1.165, 1.54) is 12.1 Å². The van der Waals surface area contributed by atoms with Crippen molar-refractivity contribution in [2.75, 3.05) is 6.61 Å². The second-order valence-corrected chi connectivity index (χ2v) is 5.61. The molecule has 0 unspecified atom stereocenters. The van der Waals surface area contributed by atoms with Crippen LogP contribution in [-0.4, -0.2) is 24.6 Å². The van der Waals surface area contributed by atoms with Crippen LogP contribution in [0.3, 0.4) is 0 Å². The Kier molecular flexibility index (Phi) is 4.28. The molecule has 1 aromatic carbocycles. The summed E-state index contributed by atoms with van der Waals surface area (Å²) in [6, 6.07) is 4.26. The van der Waals surface area contributed by atoms with E-state index in [0.717, 1.165) is 0 Å². The second-order valence-electron chi connectivity index (χ2n) is 4.76. The second kappa shape index (κ2) is 5.61. The molecule has 2 atom stereocenters. The molecule has 1 heterocycles. The highest BCUT2D eigenvalue weighted by Gasteiger charge is 2.37. The Morgan fingerprint density at radius 3 is 2.84 bits per heavy atom. The van der Waals surface area contributed by atoms with Gasteiger partial charge < -0.3 is 14.2 Å². The molecule has 0 amide bonds. The fourth-order valence-electron chi connectivity index (χ4n) is 1.87. The molecule has 0 radical (unpaired) electrons. The van der Waals surface area contributed by atoms with E-state index in [9.17, 15) is 4.39 Å². The van der Waals surface area contributed by atoms with Gasteiger partial charge in [0.05, 0.1) is 11.1 Å². The smallest absolute Gasteiger partial charge is 0.163 e. The summed E-state index contributed by atoms with van der Waals surface area (Å²) in [5.74, 6) is -0.398. The molecule has 0 bridgehead atoms. The minimum atomic E-state index is -0.616. The molecular formula is C14H16BrFO3. The van der Waals surface area contributed by atoms with Crippen molar-refractivity contribution in [3.63, 3.8) is 0 Å². The molecule has 104 valence electrons. The van der Waals surface area contributed by atoms with E-state index in [0.29, 0.717) is 16.8 Å². The van der Waals surface area contributed by atoms with Crippen LogP contribution in [0.5, 0.6) is 5.75 Å². The first-order valence-corrected chi connectivity index (χ1v) is 6.76. The summed E-state index contributed by atoms with van der Waals surface area (Å²) in [6.07, 6.45) is 1.07. The van der Waals surface area contributed by atoms with Crippen LogP contribution in [0.2, 0.25) is 0 Å². The van der Waals surface area contributed by atoms with Crippen molar-refractivity contribution in [2.45, 2.75) is 31.8 Å². The normalized spacial score (nSPS) is 23.1. The summed E-state index contributed by atoms with van der Waals surface area (Å²) < 4.78 is 30.6. The summed E-state index contributed by atoms with van der Waals surface area (Å²) in [6.45, 7) is 7.88. The molecule has 1 fully saturated rings. The first-order chi connectivity index (χ1) is 8.91. The minimum Gasteiger partial charge on any atom is -0.482 e. The van der Waals surface area contributed by atoms with Crippen molar-refractivity contribution in [3.05, 3.63) is 41.1 Å². The van der Waals surface area contributed by atoms with Gasteiger partial charge in [-0.15, -0.1) is 0 Å². The molecular weight excluding hydrogens is 315 g/mol. The van der Waals surface area contributed by atoms with Gasteiger partial charge in [-0.05, 0) is 54.1 Å². The maximum absolute atomic E-state index is 13.0. The van der Waals surface area contributed by atoms with E-state index < -0.39 is 5.79 Å². The van der Waals surface area contributed by atoms with E-state index in [4.69, 9.17) is 14.2 Å². The Balaban J connectivity index is 2.09. The van der Waals surface area contributed by atoms with E-state index in [1.54, 1.807) is 12.1 Å². The van der Waals surface area contributed by atoms with Gasteiger partial charge in [-0.1, -0.05) is 6.58 Å². The number of hydrogen-bond acceptors (Lipinski definition) is 3. The van der Waals surface area contributed by atoms with Crippen molar-refractivity contribution in [2.24, 2.45) is 0 Å². The largest absolute Gasteiger partial charge is 0.482 e. The van der Waals surface area contributed by atoms with Crippen LogP contribution in [0.15, 0.2) is 35.3 Å². The van der Waals surface area contributed by atoms with E-state index in [1.807, 2.05) is 13.8 Å². The first-order valence-electron chi connectivity index (χ1n) is 5.97.